The molecule has 3 aromatic carbocycles. The van der Waals surface area contributed by atoms with E-state index in [9.17, 15) is 14.4 Å². The van der Waals surface area contributed by atoms with Crippen molar-refractivity contribution in [2.75, 3.05) is 27.3 Å². The lowest BCUT2D eigenvalue weighted by atomic mass is 10.1. The highest BCUT2D eigenvalue weighted by atomic mass is 16.5. The van der Waals surface area contributed by atoms with Gasteiger partial charge in [-0.1, -0.05) is 36.4 Å². The third-order valence-corrected chi connectivity index (χ3v) is 5.61. The average Bonchev–Trinajstić information content (AvgIpc) is 3.31. The van der Waals surface area contributed by atoms with Gasteiger partial charge in [0.25, 0.3) is 11.8 Å². The van der Waals surface area contributed by atoms with Crippen molar-refractivity contribution in [3.8, 4) is 5.75 Å². The van der Waals surface area contributed by atoms with Crippen LogP contribution in [0.15, 0.2) is 60.7 Å². The molecule has 35 heavy (non-hydrogen) atoms. The Morgan fingerprint density at radius 1 is 1.03 bits per heavy atom. The third kappa shape index (κ3) is 5.75. The fraction of sp³-hybridized carbons (Fsp3) is 0.231. The van der Waals surface area contributed by atoms with E-state index in [1.165, 1.54) is 4.90 Å². The summed E-state index contributed by atoms with van der Waals surface area (Å²) in [6, 6.07) is 19.0. The highest BCUT2D eigenvalue weighted by molar-refractivity contribution is 6.04. The second-order valence-corrected chi connectivity index (χ2v) is 8.08. The number of amides is 2. The summed E-state index contributed by atoms with van der Waals surface area (Å²) in [5.41, 5.74) is 1.97. The predicted molar refractivity (Wildman–Crippen MR) is 131 cm³/mol. The topological polar surface area (TPSA) is 114 Å². The summed E-state index contributed by atoms with van der Waals surface area (Å²) in [6.45, 7) is 0.0921. The number of carbonyl (C=O) groups excluding carboxylic acids is 3. The van der Waals surface area contributed by atoms with Gasteiger partial charge in [0.1, 0.15) is 5.75 Å². The summed E-state index contributed by atoms with van der Waals surface area (Å²) in [5.74, 6) is -0.493. The van der Waals surface area contributed by atoms with Crippen molar-refractivity contribution in [2.45, 2.75) is 13.0 Å². The summed E-state index contributed by atoms with van der Waals surface area (Å²) in [5, 5.41) is 12.3. The van der Waals surface area contributed by atoms with Crippen LogP contribution in [-0.2, 0) is 20.9 Å². The number of hydrogen-bond acceptors (Lipinski definition) is 6. The monoisotopic (exact) mass is 474 g/mol. The van der Waals surface area contributed by atoms with Gasteiger partial charge in [-0.3, -0.25) is 19.5 Å². The fourth-order valence-electron chi connectivity index (χ4n) is 3.68. The number of nitrogens with one attached hydrogen (secondary N) is 2. The molecule has 0 atom stereocenters. The standard InChI is InChI=1S/C26H26N4O5/c1-30(15-17-7-8-19-14-20(34-2)10-9-18(19)13-17)23(31)16-35-24(32)11-12-27-26(33)25-21-5-3-4-6-22(21)28-29-25/h3-10,13-14H,11-12,15-16H2,1-2H3,(H,27,33)(H,28,29). The van der Waals surface area contributed by atoms with E-state index >= 15 is 0 Å². The molecule has 2 N–H and O–H groups in total. The molecule has 0 unspecified atom stereocenters. The van der Waals surface area contributed by atoms with Crippen LogP contribution in [0, 0.1) is 0 Å². The zero-order valence-corrected chi connectivity index (χ0v) is 19.5. The largest absolute Gasteiger partial charge is 0.497 e. The van der Waals surface area contributed by atoms with Gasteiger partial charge in [0.05, 0.1) is 19.0 Å². The maximum Gasteiger partial charge on any atom is 0.308 e. The number of aromatic nitrogens is 2. The van der Waals surface area contributed by atoms with E-state index in [1.54, 1.807) is 20.2 Å². The fourth-order valence-corrected chi connectivity index (χ4v) is 3.68. The number of H-pyrrole nitrogens is 1. The number of hydrogen-bond donors (Lipinski definition) is 2. The maximum absolute atomic E-state index is 12.4. The number of carbonyl (C=O) groups is 3. The van der Waals surface area contributed by atoms with Gasteiger partial charge in [-0.05, 0) is 40.6 Å². The summed E-state index contributed by atoms with van der Waals surface area (Å²) >= 11 is 0. The number of fused-ring (bicyclic) bond motifs is 2. The van der Waals surface area contributed by atoms with Crippen molar-refractivity contribution in [1.29, 1.82) is 0 Å². The Hall–Kier alpha value is -4.40. The van der Waals surface area contributed by atoms with Crippen LogP contribution >= 0.6 is 0 Å². The van der Waals surface area contributed by atoms with Crippen LogP contribution in [0.1, 0.15) is 22.5 Å². The molecule has 0 spiro atoms. The Balaban J connectivity index is 1.21. The number of esters is 1. The second kappa shape index (κ2) is 10.7. The Morgan fingerprint density at radius 2 is 1.80 bits per heavy atom. The summed E-state index contributed by atoms with van der Waals surface area (Å²) < 4.78 is 10.3. The number of ether oxygens (including phenoxy) is 2. The van der Waals surface area contributed by atoms with E-state index in [0.717, 1.165) is 27.6 Å². The van der Waals surface area contributed by atoms with Gasteiger partial charge in [-0.2, -0.15) is 5.10 Å². The summed E-state index contributed by atoms with van der Waals surface area (Å²) in [7, 11) is 3.28. The molecule has 0 bridgehead atoms. The highest BCUT2D eigenvalue weighted by Crippen LogP contribution is 2.22. The van der Waals surface area contributed by atoms with E-state index in [4.69, 9.17) is 9.47 Å². The summed E-state index contributed by atoms with van der Waals surface area (Å²) in [6.07, 6.45) is -0.0563. The molecule has 0 saturated heterocycles. The number of aromatic amines is 1. The first kappa shape index (κ1) is 23.7. The molecule has 0 fully saturated rings. The summed E-state index contributed by atoms with van der Waals surface area (Å²) in [4.78, 5) is 38.3. The van der Waals surface area contributed by atoms with Gasteiger partial charge in [-0.15, -0.1) is 0 Å². The molecule has 0 aliphatic carbocycles. The first-order valence-electron chi connectivity index (χ1n) is 11.1. The van der Waals surface area contributed by atoms with Gasteiger partial charge < -0.3 is 19.7 Å². The van der Waals surface area contributed by atoms with E-state index < -0.39 is 5.97 Å². The molecule has 9 nitrogen and oxygen atoms in total. The molecule has 0 aliphatic heterocycles. The number of benzene rings is 3. The number of rotatable bonds is 9. The lowest BCUT2D eigenvalue weighted by molar-refractivity contribution is -0.151. The van der Waals surface area contributed by atoms with Crippen molar-refractivity contribution in [3.63, 3.8) is 0 Å². The molecule has 0 radical (unpaired) electrons. The number of para-hydroxylation sites is 1. The van der Waals surface area contributed by atoms with Crippen LogP contribution in [0.5, 0.6) is 5.75 Å². The SMILES string of the molecule is COc1ccc2cc(CN(C)C(=O)COC(=O)CCNC(=O)c3n[nH]c4ccccc34)ccc2c1. The second-order valence-electron chi connectivity index (χ2n) is 8.08. The van der Waals surface area contributed by atoms with E-state index in [1.807, 2.05) is 54.6 Å². The molecular weight excluding hydrogens is 448 g/mol. The van der Waals surface area contributed by atoms with Crippen molar-refractivity contribution in [3.05, 3.63) is 71.9 Å². The van der Waals surface area contributed by atoms with Crippen molar-refractivity contribution in [2.24, 2.45) is 0 Å². The Morgan fingerprint density at radius 3 is 2.63 bits per heavy atom. The van der Waals surface area contributed by atoms with Crippen molar-refractivity contribution in [1.82, 2.24) is 20.4 Å². The number of methoxy groups -OCH3 is 1. The minimum atomic E-state index is -0.571. The number of nitrogens with zero attached hydrogens (tertiary/aromatic N) is 2. The molecule has 4 rings (SSSR count). The first-order chi connectivity index (χ1) is 16.9. The van der Waals surface area contributed by atoms with Gasteiger partial charge in [0.2, 0.25) is 0 Å². The Bertz CT molecular complexity index is 1380. The van der Waals surface area contributed by atoms with Gasteiger partial charge in [0, 0.05) is 25.5 Å². The van der Waals surface area contributed by atoms with Crippen LogP contribution in [0.2, 0.25) is 0 Å². The zero-order chi connectivity index (χ0) is 24.8. The van der Waals surface area contributed by atoms with Crippen LogP contribution in [-0.4, -0.2) is 60.2 Å². The smallest absolute Gasteiger partial charge is 0.308 e. The number of likely N-dealkylation sites (N-methyl/N-ethyl adjacent to an activating group) is 1. The van der Waals surface area contributed by atoms with Gasteiger partial charge in [0.15, 0.2) is 12.3 Å². The normalized spacial score (nSPS) is 10.8. The van der Waals surface area contributed by atoms with Crippen LogP contribution in [0.4, 0.5) is 0 Å². The minimum Gasteiger partial charge on any atom is -0.497 e. The Labute approximate surface area is 202 Å². The van der Waals surface area contributed by atoms with Gasteiger partial charge >= 0.3 is 5.97 Å². The molecule has 180 valence electrons. The lowest BCUT2D eigenvalue weighted by Crippen LogP contribution is -2.32. The molecule has 2 amide bonds. The average molecular weight is 475 g/mol. The molecular formula is C26H26N4O5. The molecule has 1 aromatic heterocycles. The van der Waals surface area contributed by atoms with Gasteiger partial charge in [-0.25, -0.2) is 0 Å². The molecule has 1 heterocycles. The van der Waals surface area contributed by atoms with E-state index in [0.29, 0.717) is 11.9 Å². The zero-order valence-electron chi connectivity index (χ0n) is 19.5. The van der Waals surface area contributed by atoms with Crippen LogP contribution in [0.25, 0.3) is 21.7 Å². The molecule has 0 saturated carbocycles. The molecule has 4 aromatic rings. The quantitative estimate of drug-likeness (QED) is 0.361. The highest BCUT2D eigenvalue weighted by Gasteiger charge is 2.16. The first-order valence-corrected chi connectivity index (χ1v) is 11.1. The lowest BCUT2D eigenvalue weighted by Gasteiger charge is -2.17. The van der Waals surface area contributed by atoms with Crippen LogP contribution < -0.4 is 10.1 Å². The van der Waals surface area contributed by atoms with Crippen molar-refractivity contribution < 1.29 is 23.9 Å². The van der Waals surface area contributed by atoms with E-state index in [2.05, 4.69) is 15.5 Å². The third-order valence-electron chi connectivity index (χ3n) is 5.61. The molecule has 0 aliphatic rings. The minimum absolute atomic E-state index is 0.0563. The Kier molecular flexibility index (Phi) is 7.25. The molecule has 9 heteroatoms. The van der Waals surface area contributed by atoms with E-state index in [-0.39, 0.29) is 37.1 Å². The predicted octanol–water partition coefficient (Wildman–Crippen LogP) is 3.05. The van der Waals surface area contributed by atoms with Crippen molar-refractivity contribution >= 4 is 39.5 Å². The maximum atomic E-state index is 12.4. The van der Waals surface area contributed by atoms with Crippen LogP contribution in [0.3, 0.4) is 0 Å².